The summed E-state index contributed by atoms with van der Waals surface area (Å²) in [6.07, 6.45) is 1.02. The highest BCUT2D eigenvalue weighted by molar-refractivity contribution is 5.93. The smallest absolute Gasteiger partial charge is 0.319 e. The van der Waals surface area contributed by atoms with Crippen LogP contribution in [0, 0.1) is 0 Å². The zero-order valence-electron chi connectivity index (χ0n) is 23.1. The number of carboxylic acid groups (broad SMARTS) is 1. The van der Waals surface area contributed by atoms with E-state index in [0.29, 0.717) is 30.6 Å². The second kappa shape index (κ2) is 15.0. The van der Waals surface area contributed by atoms with E-state index >= 15 is 0 Å². The van der Waals surface area contributed by atoms with Crippen LogP contribution >= 0.6 is 0 Å². The Morgan fingerprint density at radius 1 is 0.690 bits per heavy atom. The molecule has 216 valence electrons. The Kier molecular flexibility index (Phi) is 10.6. The van der Waals surface area contributed by atoms with Crippen LogP contribution in [0.5, 0.6) is 0 Å². The molecule has 0 heterocycles. The molecule has 4 aromatic carbocycles. The summed E-state index contributed by atoms with van der Waals surface area (Å²) < 4.78 is 0. The summed E-state index contributed by atoms with van der Waals surface area (Å²) in [5.41, 5.74) is 3.37. The van der Waals surface area contributed by atoms with Crippen LogP contribution in [-0.2, 0) is 14.4 Å². The molecular weight excluding hydrogens is 532 g/mol. The number of nitrogens with one attached hydrogen (secondary N) is 4. The third-order valence-corrected chi connectivity index (χ3v) is 6.70. The number of carbonyl (C=O) groups is 4. The van der Waals surface area contributed by atoms with E-state index in [2.05, 4.69) is 21.3 Å². The lowest BCUT2D eigenvalue weighted by molar-refractivity contribution is -0.138. The van der Waals surface area contributed by atoms with E-state index in [0.717, 1.165) is 21.9 Å². The number of amides is 4. The van der Waals surface area contributed by atoms with Gasteiger partial charge in [0.15, 0.2) is 0 Å². The van der Waals surface area contributed by atoms with Gasteiger partial charge in [-0.15, -0.1) is 0 Å². The van der Waals surface area contributed by atoms with E-state index in [1.165, 1.54) is 0 Å². The summed E-state index contributed by atoms with van der Waals surface area (Å²) in [5.74, 6) is -1.82. The molecule has 1 unspecified atom stereocenters. The zero-order chi connectivity index (χ0) is 29.7. The van der Waals surface area contributed by atoms with Gasteiger partial charge >= 0.3 is 12.0 Å². The molecule has 0 radical (unpaired) electrons. The first kappa shape index (κ1) is 29.8. The Hall–Kier alpha value is -5.18. The molecule has 4 amide bonds. The maximum absolute atomic E-state index is 12.5. The van der Waals surface area contributed by atoms with E-state index in [1.807, 2.05) is 84.9 Å². The van der Waals surface area contributed by atoms with Gasteiger partial charge in [0.1, 0.15) is 0 Å². The first-order valence-corrected chi connectivity index (χ1v) is 13.8. The quantitative estimate of drug-likeness (QED) is 0.141. The second-order valence-corrected chi connectivity index (χ2v) is 9.88. The van der Waals surface area contributed by atoms with Crippen molar-refractivity contribution in [3.63, 3.8) is 0 Å². The Morgan fingerprint density at radius 3 is 2.12 bits per heavy atom. The van der Waals surface area contributed by atoms with Crippen LogP contribution in [0.15, 0.2) is 97.1 Å². The highest BCUT2D eigenvalue weighted by Gasteiger charge is 2.18. The molecule has 1 atom stereocenters. The summed E-state index contributed by atoms with van der Waals surface area (Å²) in [5, 5.41) is 22.3. The Morgan fingerprint density at radius 2 is 1.38 bits per heavy atom. The third-order valence-electron chi connectivity index (χ3n) is 6.70. The van der Waals surface area contributed by atoms with Crippen molar-refractivity contribution in [2.24, 2.45) is 0 Å². The van der Waals surface area contributed by atoms with Crippen molar-refractivity contribution in [2.75, 3.05) is 18.4 Å². The molecule has 0 spiro atoms. The molecule has 4 aromatic rings. The first-order chi connectivity index (χ1) is 20.4. The van der Waals surface area contributed by atoms with E-state index in [4.69, 9.17) is 0 Å². The molecule has 0 aliphatic carbocycles. The van der Waals surface area contributed by atoms with Crippen LogP contribution in [0.25, 0.3) is 21.9 Å². The Labute approximate surface area is 244 Å². The number of benzene rings is 4. The molecular formula is C33H34N4O5. The number of hydrogen-bond acceptors (Lipinski definition) is 4. The largest absolute Gasteiger partial charge is 0.481 e. The standard InChI is InChI=1S/C33H34N4O5/c38-30(12-6-7-19-34-33(42)36-28-18-17-24-10-4-5-11-27(24)20-28)35-22-31(39)37-29(21-32(40)41)26-15-13-25(14-16-26)23-8-2-1-3-9-23/h1-5,8-11,13-18,20,29H,6-7,12,19,21-22H2,(H,35,38)(H,37,39)(H,40,41)(H2,34,36,42). The van der Waals surface area contributed by atoms with Gasteiger partial charge in [-0.2, -0.15) is 0 Å². The number of anilines is 1. The molecule has 42 heavy (non-hydrogen) atoms. The first-order valence-electron chi connectivity index (χ1n) is 13.8. The monoisotopic (exact) mass is 566 g/mol. The Bertz CT molecular complexity index is 1520. The van der Waals surface area contributed by atoms with E-state index in [-0.39, 0.29) is 31.3 Å². The molecule has 0 saturated heterocycles. The normalized spacial score (nSPS) is 11.3. The number of fused-ring (bicyclic) bond motifs is 1. The fraction of sp³-hybridized carbons (Fsp3) is 0.212. The van der Waals surface area contributed by atoms with Gasteiger partial charge in [-0.3, -0.25) is 14.4 Å². The van der Waals surface area contributed by atoms with Gasteiger partial charge < -0.3 is 26.4 Å². The second-order valence-electron chi connectivity index (χ2n) is 9.88. The number of unbranched alkanes of at least 4 members (excludes halogenated alkanes) is 1. The fourth-order valence-corrected chi connectivity index (χ4v) is 4.53. The van der Waals surface area contributed by atoms with Gasteiger partial charge in [0.2, 0.25) is 11.8 Å². The van der Waals surface area contributed by atoms with Gasteiger partial charge in [-0.05, 0) is 52.4 Å². The fourth-order valence-electron chi connectivity index (χ4n) is 4.53. The molecule has 0 aromatic heterocycles. The average Bonchev–Trinajstić information content (AvgIpc) is 3.00. The molecule has 0 bridgehead atoms. The Balaban J connectivity index is 1.14. The van der Waals surface area contributed by atoms with Gasteiger partial charge in [0.05, 0.1) is 19.0 Å². The lowest BCUT2D eigenvalue weighted by Crippen LogP contribution is -2.39. The van der Waals surface area contributed by atoms with Gasteiger partial charge in [-0.25, -0.2) is 4.79 Å². The summed E-state index contributed by atoms with van der Waals surface area (Å²) in [6, 6.07) is 29.7. The zero-order valence-corrected chi connectivity index (χ0v) is 23.1. The van der Waals surface area contributed by atoms with Crippen molar-refractivity contribution in [1.82, 2.24) is 16.0 Å². The minimum Gasteiger partial charge on any atom is -0.481 e. The van der Waals surface area contributed by atoms with Crippen molar-refractivity contribution in [3.05, 3.63) is 103 Å². The minimum atomic E-state index is -1.05. The summed E-state index contributed by atoms with van der Waals surface area (Å²) >= 11 is 0. The lowest BCUT2D eigenvalue weighted by atomic mass is 9.99. The van der Waals surface area contributed by atoms with Crippen molar-refractivity contribution < 1.29 is 24.3 Å². The van der Waals surface area contributed by atoms with E-state index < -0.39 is 17.9 Å². The summed E-state index contributed by atoms with van der Waals surface area (Å²) in [4.78, 5) is 48.3. The van der Waals surface area contributed by atoms with Crippen LogP contribution in [0.4, 0.5) is 10.5 Å². The van der Waals surface area contributed by atoms with E-state index in [1.54, 1.807) is 12.1 Å². The topological polar surface area (TPSA) is 137 Å². The SMILES string of the molecule is O=C(O)CC(NC(=O)CNC(=O)CCCCNC(=O)Nc1ccc2ccccc2c1)c1ccc(-c2ccccc2)cc1. The molecule has 4 rings (SSSR count). The summed E-state index contributed by atoms with van der Waals surface area (Å²) in [7, 11) is 0. The number of aliphatic carboxylic acids is 1. The lowest BCUT2D eigenvalue weighted by Gasteiger charge is -2.18. The molecule has 9 heteroatoms. The van der Waals surface area contributed by atoms with Gasteiger partial charge in [0, 0.05) is 18.7 Å². The number of hydrogen-bond donors (Lipinski definition) is 5. The number of carboxylic acids is 1. The maximum atomic E-state index is 12.5. The number of urea groups is 1. The predicted molar refractivity (Wildman–Crippen MR) is 163 cm³/mol. The van der Waals surface area contributed by atoms with Crippen molar-refractivity contribution in [1.29, 1.82) is 0 Å². The minimum absolute atomic E-state index is 0.195. The number of rotatable bonds is 13. The number of carbonyl (C=O) groups excluding carboxylic acids is 3. The molecule has 5 N–H and O–H groups in total. The molecule has 0 aliphatic heterocycles. The van der Waals surface area contributed by atoms with Crippen LogP contribution < -0.4 is 21.3 Å². The van der Waals surface area contributed by atoms with Crippen molar-refractivity contribution in [2.45, 2.75) is 31.7 Å². The highest BCUT2D eigenvalue weighted by atomic mass is 16.4. The molecule has 9 nitrogen and oxygen atoms in total. The predicted octanol–water partition coefficient (Wildman–Crippen LogP) is 5.25. The molecule has 0 fully saturated rings. The maximum Gasteiger partial charge on any atom is 0.319 e. The average molecular weight is 567 g/mol. The van der Waals surface area contributed by atoms with Crippen LogP contribution in [0.2, 0.25) is 0 Å². The van der Waals surface area contributed by atoms with Crippen LogP contribution in [0.1, 0.15) is 37.3 Å². The summed E-state index contributed by atoms with van der Waals surface area (Å²) in [6.45, 7) is 0.135. The van der Waals surface area contributed by atoms with Gasteiger partial charge in [0.25, 0.3) is 0 Å². The van der Waals surface area contributed by atoms with Crippen LogP contribution in [-0.4, -0.2) is 42.0 Å². The van der Waals surface area contributed by atoms with Crippen molar-refractivity contribution in [3.8, 4) is 11.1 Å². The van der Waals surface area contributed by atoms with Crippen LogP contribution in [0.3, 0.4) is 0 Å². The van der Waals surface area contributed by atoms with Gasteiger partial charge in [-0.1, -0.05) is 84.9 Å². The van der Waals surface area contributed by atoms with E-state index in [9.17, 15) is 24.3 Å². The van der Waals surface area contributed by atoms with Crippen molar-refractivity contribution >= 4 is 40.3 Å². The molecule has 0 aliphatic rings. The third kappa shape index (κ3) is 9.19. The molecule has 0 saturated carbocycles. The highest BCUT2D eigenvalue weighted by Crippen LogP contribution is 2.23.